The Labute approximate surface area is 133 Å². The van der Waals surface area contributed by atoms with Crippen molar-refractivity contribution in [3.8, 4) is 0 Å². The summed E-state index contributed by atoms with van der Waals surface area (Å²) in [5.74, 6) is 0.693. The van der Waals surface area contributed by atoms with Crippen molar-refractivity contribution in [2.45, 2.75) is 85.0 Å². The highest BCUT2D eigenvalue weighted by Gasteiger charge is 2.12. The lowest BCUT2D eigenvalue weighted by Crippen LogP contribution is -2.06. The molecule has 0 heterocycles. The quantitative estimate of drug-likeness (QED) is 0.202. The molecular formula is C20H37N. The van der Waals surface area contributed by atoms with Gasteiger partial charge >= 0.3 is 0 Å². The summed E-state index contributed by atoms with van der Waals surface area (Å²) in [6.07, 6.45) is 22.1. The minimum absolute atomic E-state index is 0.693. The third-order valence-corrected chi connectivity index (χ3v) is 4.04. The van der Waals surface area contributed by atoms with Crippen molar-refractivity contribution in [2.24, 2.45) is 10.9 Å². The minimum atomic E-state index is 0.693. The van der Waals surface area contributed by atoms with Gasteiger partial charge in [-0.1, -0.05) is 83.4 Å². The number of unbranched alkanes of at least 4 members (excludes halogenated alkanes) is 6. The molecule has 0 radical (unpaired) electrons. The molecule has 0 rings (SSSR count). The Balaban J connectivity index is 4.55. The smallest absolute Gasteiger partial charge is 0.0277 e. The fraction of sp³-hybridized carbons (Fsp3) is 0.750. The summed E-state index contributed by atoms with van der Waals surface area (Å²) < 4.78 is 0. The van der Waals surface area contributed by atoms with E-state index >= 15 is 0 Å². The van der Waals surface area contributed by atoms with E-state index in [1.807, 2.05) is 7.05 Å². The molecule has 0 fully saturated rings. The monoisotopic (exact) mass is 291 g/mol. The SMILES string of the molecule is C\C=C/C=C(\C=N/C)C(CCCCCC)CCCCCC. The van der Waals surface area contributed by atoms with Crippen LogP contribution >= 0.6 is 0 Å². The van der Waals surface area contributed by atoms with E-state index in [4.69, 9.17) is 0 Å². The Morgan fingerprint density at radius 1 is 0.905 bits per heavy atom. The summed E-state index contributed by atoms with van der Waals surface area (Å²) in [7, 11) is 1.88. The van der Waals surface area contributed by atoms with Crippen LogP contribution in [0.2, 0.25) is 0 Å². The van der Waals surface area contributed by atoms with Gasteiger partial charge in [-0.25, -0.2) is 0 Å². The van der Waals surface area contributed by atoms with E-state index in [-0.39, 0.29) is 0 Å². The van der Waals surface area contributed by atoms with Crippen molar-refractivity contribution in [1.29, 1.82) is 0 Å². The molecule has 0 saturated heterocycles. The molecule has 0 atom stereocenters. The van der Waals surface area contributed by atoms with Gasteiger partial charge in [0.2, 0.25) is 0 Å². The molecule has 0 aromatic carbocycles. The highest BCUT2D eigenvalue weighted by molar-refractivity contribution is 5.79. The van der Waals surface area contributed by atoms with Gasteiger partial charge in [0.1, 0.15) is 0 Å². The van der Waals surface area contributed by atoms with E-state index in [9.17, 15) is 0 Å². The topological polar surface area (TPSA) is 12.4 Å². The number of nitrogens with zero attached hydrogens (tertiary/aromatic N) is 1. The Kier molecular flexibility index (Phi) is 14.9. The molecule has 0 aromatic rings. The summed E-state index contributed by atoms with van der Waals surface area (Å²) in [6.45, 7) is 6.64. The number of rotatable bonds is 13. The molecule has 0 aliphatic carbocycles. The predicted octanol–water partition coefficient (Wildman–Crippen LogP) is 6.75. The zero-order valence-electron chi connectivity index (χ0n) is 14.9. The van der Waals surface area contributed by atoms with E-state index in [1.165, 1.54) is 69.8 Å². The molecule has 1 heteroatoms. The van der Waals surface area contributed by atoms with Crippen LogP contribution in [0.3, 0.4) is 0 Å². The Morgan fingerprint density at radius 2 is 1.48 bits per heavy atom. The largest absolute Gasteiger partial charge is 0.296 e. The van der Waals surface area contributed by atoms with Crippen molar-refractivity contribution in [3.05, 3.63) is 23.8 Å². The lowest BCUT2D eigenvalue weighted by Gasteiger charge is -2.18. The average Bonchev–Trinajstić information content (AvgIpc) is 2.50. The first kappa shape index (κ1) is 20.1. The van der Waals surface area contributed by atoms with Crippen molar-refractivity contribution >= 4 is 6.21 Å². The third-order valence-electron chi connectivity index (χ3n) is 4.04. The van der Waals surface area contributed by atoms with Crippen molar-refractivity contribution in [2.75, 3.05) is 7.05 Å². The van der Waals surface area contributed by atoms with Crippen LogP contribution in [0.5, 0.6) is 0 Å². The molecule has 0 saturated carbocycles. The van der Waals surface area contributed by atoms with Gasteiger partial charge in [0.15, 0.2) is 0 Å². The van der Waals surface area contributed by atoms with Crippen LogP contribution in [0.1, 0.15) is 85.0 Å². The van der Waals surface area contributed by atoms with Crippen LogP contribution in [-0.4, -0.2) is 13.3 Å². The van der Waals surface area contributed by atoms with E-state index in [0.29, 0.717) is 5.92 Å². The van der Waals surface area contributed by atoms with Gasteiger partial charge in [-0.2, -0.15) is 0 Å². The Morgan fingerprint density at radius 3 is 1.90 bits per heavy atom. The molecule has 0 amide bonds. The first-order valence-corrected chi connectivity index (χ1v) is 9.05. The van der Waals surface area contributed by atoms with Crippen LogP contribution in [0, 0.1) is 5.92 Å². The van der Waals surface area contributed by atoms with Crippen LogP contribution < -0.4 is 0 Å². The van der Waals surface area contributed by atoms with Gasteiger partial charge in [-0.15, -0.1) is 0 Å². The zero-order chi connectivity index (χ0) is 15.8. The van der Waals surface area contributed by atoms with Crippen LogP contribution in [0.4, 0.5) is 0 Å². The van der Waals surface area contributed by atoms with Gasteiger partial charge in [-0.05, 0) is 31.3 Å². The van der Waals surface area contributed by atoms with Gasteiger partial charge in [-0.3, -0.25) is 4.99 Å². The summed E-state index contributed by atoms with van der Waals surface area (Å²) >= 11 is 0. The van der Waals surface area contributed by atoms with Crippen molar-refractivity contribution < 1.29 is 0 Å². The molecule has 1 nitrogen and oxygen atoms in total. The molecule has 0 aliphatic rings. The molecule has 0 bridgehead atoms. The van der Waals surface area contributed by atoms with E-state index in [1.54, 1.807) is 0 Å². The van der Waals surface area contributed by atoms with Crippen molar-refractivity contribution in [3.63, 3.8) is 0 Å². The number of aliphatic imine (C=N–C) groups is 1. The van der Waals surface area contributed by atoms with Crippen LogP contribution in [0.25, 0.3) is 0 Å². The molecule has 21 heavy (non-hydrogen) atoms. The molecule has 0 unspecified atom stereocenters. The standard InChI is InChI=1S/C20H37N/c1-5-8-11-13-16-19(17-14-12-9-6-2)20(18-21-4)15-10-7-3/h7,10,15,18-19H,5-6,8-9,11-14,16-17H2,1-4H3/b10-7-,20-15+,21-18-. The van der Waals surface area contributed by atoms with Gasteiger partial charge < -0.3 is 0 Å². The second-order valence-corrected chi connectivity index (χ2v) is 5.98. The molecule has 0 aliphatic heterocycles. The predicted molar refractivity (Wildman–Crippen MR) is 98.3 cm³/mol. The number of allylic oxidation sites excluding steroid dienone is 4. The minimum Gasteiger partial charge on any atom is -0.296 e. The molecule has 0 aromatic heterocycles. The van der Waals surface area contributed by atoms with Crippen LogP contribution in [0.15, 0.2) is 28.8 Å². The van der Waals surface area contributed by atoms with Crippen LogP contribution in [-0.2, 0) is 0 Å². The fourth-order valence-corrected chi connectivity index (χ4v) is 2.75. The first-order valence-electron chi connectivity index (χ1n) is 9.05. The van der Waals surface area contributed by atoms with Crippen molar-refractivity contribution in [1.82, 2.24) is 0 Å². The molecule has 122 valence electrons. The van der Waals surface area contributed by atoms with Gasteiger partial charge in [0.25, 0.3) is 0 Å². The number of hydrogen-bond donors (Lipinski definition) is 0. The van der Waals surface area contributed by atoms with E-state index in [2.05, 4.69) is 50.2 Å². The maximum atomic E-state index is 4.27. The lowest BCUT2D eigenvalue weighted by molar-refractivity contribution is 0.465. The molecular weight excluding hydrogens is 254 g/mol. The summed E-state index contributed by atoms with van der Waals surface area (Å²) in [5.41, 5.74) is 1.42. The first-order chi connectivity index (χ1) is 10.3. The van der Waals surface area contributed by atoms with E-state index in [0.717, 1.165) is 0 Å². The average molecular weight is 292 g/mol. The lowest BCUT2D eigenvalue weighted by atomic mass is 9.88. The Bertz CT molecular complexity index is 287. The highest BCUT2D eigenvalue weighted by atomic mass is 14.6. The zero-order valence-corrected chi connectivity index (χ0v) is 14.9. The second kappa shape index (κ2) is 15.5. The normalized spacial score (nSPS) is 13.1. The summed E-state index contributed by atoms with van der Waals surface area (Å²) in [4.78, 5) is 4.27. The number of hydrogen-bond acceptors (Lipinski definition) is 1. The summed E-state index contributed by atoms with van der Waals surface area (Å²) in [5, 5.41) is 0. The van der Waals surface area contributed by atoms with E-state index < -0.39 is 0 Å². The third kappa shape index (κ3) is 11.5. The van der Waals surface area contributed by atoms with Gasteiger partial charge in [0.05, 0.1) is 0 Å². The van der Waals surface area contributed by atoms with Gasteiger partial charge in [0, 0.05) is 13.3 Å². The Hall–Kier alpha value is -0.850. The second-order valence-electron chi connectivity index (χ2n) is 5.98. The summed E-state index contributed by atoms with van der Waals surface area (Å²) in [6, 6.07) is 0. The molecule has 0 spiro atoms. The molecule has 0 N–H and O–H groups in total. The maximum absolute atomic E-state index is 4.27. The maximum Gasteiger partial charge on any atom is 0.0277 e. The fourth-order valence-electron chi connectivity index (χ4n) is 2.75. The highest BCUT2D eigenvalue weighted by Crippen LogP contribution is 2.24.